The van der Waals surface area contributed by atoms with Crippen LogP contribution in [0, 0.1) is 19.8 Å². The van der Waals surface area contributed by atoms with Crippen LogP contribution in [-0.2, 0) is 9.59 Å². The number of aryl methyl sites for hydroxylation is 2. The molecule has 1 atom stereocenters. The number of aliphatic carboxylic acids is 1. The number of nitrogens with zero attached hydrogens (tertiary/aromatic N) is 1. The number of rotatable bonds is 5. The number of nitrogens with one attached hydrogen (secondary N) is 1. The molecule has 0 unspecified atom stereocenters. The van der Waals surface area contributed by atoms with E-state index in [4.69, 9.17) is 4.74 Å². The van der Waals surface area contributed by atoms with Gasteiger partial charge in [-0.25, -0.2) is 4.79 Å². The highest BCUT2D eigenvalue weighted by atomic mass is 16.5. The zero-order chi connectivity index (χ0) is 21.3. The lowest BCUT2D eigenvalue weighted by molar-refractivity contribution is -0.144. The second kappa shape index (κ2) is 7.95. The molecule has 0 saturated carbocycles. The van der Waals surface area contributed by atoms with Crippen LogP contribution in [0.3, 0.4) is 0 Å². The van der Waals surface area contributed by atoms with E-state index in [-0.39, 0.29) is 18.0 Å². The van der Waals surface area contributed by atoms with Gasteiger partial charge >= 0.3 is 5.97 Å². The average molecular weight is 396 g/mol. The summed E-state index contributed by atoms with van der Waals surface area (Å²) in [6.45, 7) is 6.94. The number of ether oxygens (including phenoxy) is 1. The fourth-order valence-electron chi connectivity index (χ4n) is 3.52. The van der Waals surface area contributed by atoms with E-state index in [0.717, 1.165) is 16.0 Å². The van der Waals surface area contributed by atoms with Crippen LogP contribution >= 0.6 is 0 Å². The number of para-hydroxylation sites is 1. The van der Waals surface area contributed by atoms with Crippen molar-refractivity contribution >= 4 is 23.5 Å². The summed E-state index contributed by atoms with van der Waals surface area (Å²) in [5.41, 5.74) is 2.44. The molecule has 7 nitrogen and oxygen atoms in total. The second-order valence-electron chi connectivity index (χ2n) is 7.54. The highest BCUT2D eigenvalue weighted by Crippen LogP contribution is 2.32. The molecule has 3 rings (SSSR count). The van der Waals surface area contributed by atoms with Crippen LogP contribution in [0.15, 0.2) is 36.4 Å². The molecule has 7 heteroatoms. The molecule has 152 valence electrons. The molecule has 1 aliphatic rings. The lowest BCUT2D eigenvalue weighted by Crippen LogP contribution is -2.49. The zero-order valence-electron chi connectivity index (χ0n) is 16.9. The van der Waals surface area contributed by atoms with Crippen LogP contribution < -0.4 is 10.1 Å². The second-order valence-corrected chi connectivity index (χ2v) is 7.54. The van der Waals surface area contributed by atoms with E-state index in [0.29, 0.717) is 17.2 Å². The van der Waals surface area contributed by atoms with Crippen LogP contribution in [-0.4, -0.2) is 40.4 Å². The van der Waals surface area contributed by atoms with E-state index in [1.165, 1.54) is 0 Å². The molecular weight excluding hydrogens is 372 g/mol. The van der Waals surface area contributed by atoms with Crippen LogP contribution in [0.5, 0.6) is 11.5 Å². The van der Waals surface area contributed by atoms with Gasteiger partial charge in [0.05, 0.1) is 11.3 Å². The lowest BCUT2D eigenvalue weighted by Gasteiger charge is -2.29. The monoisotopic (exact) mass is 396 g/mol. The maximum Gasteiger partial charge on any atom is 0.326 e. The summed E-state index contributed by atoms with van der Waals surface area (Å²) in [5, 5.41) is 12.3. The largest absolute Gasteiger partial charge is 0.480 e. The summed E-state index contributed by atoms with van der Waals surface area (Å²) < 4.78 is 6.01. The van der Waals surface area contributed by atoms with Gasteiger partial charge < -0.3 is 20.1 Å². The third-order valence-corrected chi connectivity index (χ3v) is 4.92. The Morgan fingerprint density at radius 1 is 1.14 bits per heavy atom. The van der Waals surface area contributed by atoms with Gasteiger partial charge in [-0.3, -0.25) is 9.59 Å². The van der Waals surface area contributed by atoms with Crippen molar-refractivity contribution < 1.29 is 24.2 Å². The molecule has 0 aromatic heterocycles. The van der Waals surface area contributed by atoms with Gasteiger partial charge in [-0.05, 0) is 49.1 Å². The molecule has 0 aliphatic carbocycles. The standard InChI is InChI=1S/C22H24N2O5/c1-12(2)19(22(27)28)24-11-18(25)23-17-9-8-15(10-16(17)21(24)26)29-20-13(3)6-5-7-14(20)4/h5-10,12,19H,11H2,1-4H3,(H,23,25)(H,27,28)/t19-/m1/s1. The molecule has 2 aromatic rings. The summed E-state index contributed by atoms with van der Waals surface area (Å²) in [6.07, 6.45) is 0. The Kier molecular flexibility index (Phi) is 5.59. The first-order chi connectivity index (χ1) is 13.7. The van der Waals surface area contributed by atoms with Gasteiger partial charge in [0.25, 0.3) is 5.91 Å². The Labute approximate surface area is 169 Å². The molecule has 0 saturated heterocycles. The lowest BCUT2D eigenvalue weighted by atomic mass is 10.0. The number of hydrogen-bond donors (Lipinski definition) is 2. The normalized spacial score (nSPS) is 14.9. The quantitative estimate of drug-likeness (QED) is 0.805. The molecular formula is C22H24N2O5. The summed E-state index contributed by atoms with van der Waals surface area (Å²) in [7, 11) is 0. The van der Waals surface area contributed by atoms with Crippen LogP contribution in [0.4, 0.5) is 5.69 Å². The molecule has 2 amide bonds. The van der Waals surface area contributed by atoms with Gasteiger partial charge in [0, 0.05) is 0 Å². The molecule has 1 aliphatic heterocycles. The van der Waals surface area contributed by atoms with Gasteiger partial charge in [-0.2, -0.15) is 0 Å². The zero-order valence-corrected chi connectivity index (χ0v) is 16.9. The number of carboxylic acids is 1. The van der Waals surface area contributed by atoms with Crippen molar-refractivity contribution in [2.45, 2.75) is 33.7 Å². The van der Waals surface area contributed by atoms with Crippen molar-refractivity contribution in [2.24, 2.45) is 5.92 Å². The highest BCUT2D eigenvalue weighted by Gasteiger charge is 2.37. The Hall–Kier alpha value is -3.35. The topological polar surface area (TPSA) is 95.9 Å². The van der Waals surface area contributed by atoms with Crippen molar-refractivity contribution in [1.29, 1.82) is 0 Å². The number of anilines is 1. The molecule has 29 heavy (non-hydrogen) atoms. The average Bonchev–Trinajstić information content (AvgIpc) is 2.75. The first-order valence-corrected chi connectivity index (χ1v) is 9.40. The van der Waals surface area contributed by atoms with E-state index in [9.17, 15) is 19.5 Å². The number of carboxylic acid groups (broad SMARTS) is 1. The van der Waals surface area contributed by atoms with Crippen LogP contribution in [0.25, 0.3) is 0 Å². The van der Waals surface area contributed by atoms with Gasteiger partial charge in [-0.1, -0.05) is 32.0 Å². The number of amides is 2. The molecule has 2 aromatic carbocycles. The maximum absolute atomic E-state index is 13.2. The van der Waals surface area contributed by atoms with Crippen molar-refractivity contribution in [3.63, 3.8) is 0 Å². The number of carbonyl (C=O) groups excluding carboxylic acids is 2. The highest BCUT2D eigenvalue weighted by molar-refractivity contribution is 6.09. The van der Waals surface area contributed by atoms with Crippen molar-refractivity contribution in [2.75, 3.05) is 11.9 Å². The third-order valence-electron chi connectivity index (χ3n) is 4.92. The van der Waals surface area contributed by atoms with E-state index in [1.807, 2.05) is 32.0 Å². The Bertz CT molecular complexity index is 963. The first-order valence-electron chi connectivity index (χ1n) is 9.40. The van der Waals surface area contributed by atoms with Gasteiger partial charge in [0.15, 0.2) is 0 Å². The minimum absolute atomic E-state index is 0.200. The minimum Gasteiger partial charge on any atom is -0.480 e. The fourth-order valence-corrected chi connectivity index (χ4v) is 3.52. The molecule has 0 radical (unpaired) electrons. The molecule has 0 fully saturated rings. The Morgan fingerprint density at radius 3 is 2.38 bits per heavy atom. The predicted octanol–water partition coefficient (Wildman–Crippen LogP) is 3.60. The third kappa shape index (κ3) is 4.08. The van der Waals surface area contributed by atoms with Crippen molar-refractivity contribution in [3.05, 3.63) is 53.1 Å². The van der Waals surface area contributed by atoms with Crippen molar-refractivity contribution in [1.82, 2.24) is 4.90 Å². The number of benzene rings is 2. The van der Waals surface area contributed by atoms with E-state index >= 15 is 0 Å². The van der Waals surface area contributed by atoms with Gasteiger partial charge in [-0.15, -0.1) is 0 Å². The molecule has 1 heterocycles. The minimum atomic E-state index is -1.15. The number of carbonyl (C=O) groups is 3. The SMILES string of the molecule is Cc1cccc(C)c1Oc1ccc2c(c1)C(=O)N([C@@H](C(=O)O)C(C)C)CC(=O)N2. The Morgan fingerprint density at radius 2 is 1.79 bits per heavy atom. The number of fused-ring (bicyclic) bond motifs is 1. The number of hydrogen-bond acceptors (Lipinski definition) is 4. The smallest absolute Gasteiger partial charge is 0.326 e. The van der Waals surface area contributed by atoms with Crippen LogP contribution in [0.1, 0.15) is 35.3 Å². The van der Waals surface area contributed by atoms with E-state index in [2.05, 4.69) is 5.32 Å². The summed E-state index contributed by atoms with van der Waals surface area (Å²) in [5.74, 6) is -1.34. The fraction of sp³-hybridized carbons (Fsp3) is 0.318. The molecule has 0 spiro atoms. The predicted molar refractivity (Wildman–Crippen MR) is 108 cm³/mol. The summed E-state index contributed by atoms with van der Waals surface area (Å²) in [4.78, 5) is 38.3. The Balaban J connectivity index is 2.02. The summed E-state index contributed by atoms with van der Waals surface area (Å²) >= 11 is 0. The van der Waals surface area contributed by atoms with Gasteiger partial charge in [0.1, 0.15) is 24.1 Å². The van der Waals surface area contributed by atoms with Gasteiger partial charge in [0.2, 0.25) is 5.91 Å². The van der Waals surface area contributed by atoms with E-state index < -0.39 is 23.8 Å². The molecule has 2 N–H and O–H groups in total. The maximum atomic E-state index is 13.2. The van der Waals surface area contributed by atoms with Crippen molar-refractivity contribution in [3.8, 4) is 11.5 Å². The molecule has 0 bridgehead atoms. The van der Waals surface area contributed by atoms with E-state index in [1.54, 1.807) is 32.0 Å². The van der Waals surface area contributed by atoms with Crippen LogP contribution in [0.2, 0.25) is 0 Å². The first kappa shape index (κ1) is 20.4. The summed E-state index contributed by atoms with van der Waals surface area (Å²) in [6, 6.07) is 9.50.